The van der Waals surface area contributed by atoms with E-state index in [1.54, 1.807) is 64.8 Å². The number of hydrogen-bond acceptors (Lipinski definition) is 12. The van der Waals surface area contributed by atoms with Crippen molar-refractivity contribution in [2.45, 2.75) is 153 Å². The van der Waals surface area contributed by atoms with Crippen LogP contribution < -0.4 is 0 Å². The van der Waals surface area contributed by atoms with E-state index in [-0.39, 0.29) is 0 Å². The van der Waals surface area contributed by atoms with Crippen LogP contribution in [0, 0.1) is 35.5 Å². The highest BCUT2D eigenvalue weighted by molar-refractivity contribution is 8.74. The molecule has 6 rings (SSSR count). The van der Waals surface area contributed by atoms with Crippen LogP contribution >= 0.6 is 64.8 Å². The minimum absolute atomic E-state index is 0.468. The third-order valence-electron chi connectivity index (χ3n) is 9.41. The maximum absolute atomic E-state index is 11.1. The molecule has 0 aromatic carbocycles. The van der Waals surface area contributed by atoms with E-state index >= 15 is 0 Å². The summed E-state index contributed by atoms with van der Waals surface area (Å²) in [5, 5.41) is 3.38. The summed E-state index contributed by atoms with van der Waals surface area (Å²) in [6.07, 6.45) is 6.89. The summed E-state index contributed by atoms with van der Waals surface area (Å²) >= 11 is 0. The Bertz CT molecular complexity index is 828. The molecule has 0 bridgehead atoms. The van der Waals surface area contributed by atoms with Crippen molar-refractivity contribution < 1.29 is 27.3 Å². The van der Waals surface area contributed by atoms with Crippen molar-refractivity contribution in [1.82, 2.24) is 0 Å². The van der Waals surface area contributed by atoms with Gasteiger partial charge >= 0.3 is 0 Å². The Balaban J connectivity index is 0.000000324. The molecule has 6 saturated heterocycles. The summed E-state index contributed by atoms with van der Waals surface area (Å²) in [6.45, 7) is 26.1. The van der Waals surface area contributed by atoms with Crippen LogP contribution in [0.5, 0.6) is 0 Å². The lowest BCUT2D eigenvalue weighted by Crippen LogP contribution is -2.18. The molecule has 10 unspecified atom stereocenters. The first kappa shape index (κ1) is 56.0. The predicted octanol–water partition coefficient (Wildman–Crippen LogP) is 10.9. The Labute approximate surface area is 372 Å². The molecule has 0 amide bonds. The van der Waals surface area contributed by atoms with Crippen LogP contribution in [0.4, 0.5) is 0 Å². The number of hydrogen-bond donors (Lipinski definition) is 0. The van der Waals surface area contributed by atoms with E-state index in [1.807, 2.05) is 0 Å². The highest BCUT2D eigenvalue weighted by Gasteiger charge is 2.36. The van der Waals surface area contributed by atoms with Crippen molar-refractivity contribution in [2.24, 2.45) is 35.5 Å². The molecule has 0 aliphatic carbocycles. The van der Waals surface area contributed by atoms with Crippen LogP contribution in [-0.4, -0.2) is 93.3 Å². The average Bonchev–Trinajstić information content (AvgIpc) is 3.93. The molecule has 18 heteroatoms. The molecule has 6 nitrogen and oxygen atoms in total. The lowest BCUT2D eigenvalue weighted by molar-refractivity contribution is 0.541. The van der Waals surface area contributed by atoms with Gasteiger partial charge in [0.25, 0.3) is 0 Å². The number of rotatable bonds is 6. The summed E-state index contributed by atoms with van der Waals surface area (Å²) in [6, 6.07) is 0. The zero-order valence-electron chi connectivity index (χ0n) is 34.8. The second-order valence-corrected chi connectivity index (χ2v) is 36.9. The van der Waals surface area contributed by atoms with Gasteiger partial charge in [-0.3, -0.25) is 0 Å². The Kier molecular flexibility index (Phi) is 32.0. The Morgan fingerprint density at radius 1 is 0.352 bits per heavy atom. The summed E-state index contributed by atoms with van der Waals surface area (Å²) in [7, 11) is 6.36. The van der Waals surface area contributed by atoms with Gasteiger partial charge in [-0.1, -0.05) is 83.1 Å². The van der Waals surface area contributed by atoms with Crippen LogP contribution in [0.25, 0.3) is 0 Å². The van der Waals surface area contributed by atoms with Gasteiger partial charge in [-0.05, 0) is 17.8 Å². The van der Waals surface area contributed by atoms with Gasteiger partial charge in [0.1, 0.15) is 33.0 Å². The topological polar surface area (TPSA) is 138 Å². The van der Waals surface area contributed by atoms with Crippen LogP contribution in [0.15, 0.2) is 0 Å². The van der Waals surface area contributed by atoms with E-state index in [1.165, 1.54) is 0 Å². The fourth-order valence-electron chi connectivity index (χ4n) is 5.63. The second-order valence-electron chi connectivity index (χ2n) is 16.0. The molecule has 0 radical (unpaired) electrons. The summed E-state index contributed by atoms with van der Waals surface area (Å²) in [5.41, 5.74) is 0. The van der Waals surface area contributed by atoms with E-state index in [4.69, 9.17) is 0 Å². The van der Waals surface area contributed by atoms with Crippen LogP contribution in [0.2, 0.25) is 0 Å². The van der Waals surface area contributed by atoms with Crippen molar-refractivity contribution >= 4 is 126 Å². The Morgan fingerprint density at radius 2 is 0.574 bits per heavy atom. The van der Waals surface area contributed by atoms with E-state index < -0.39 is 61.2 Å². The van der Waals surface area contributed by atoms with Gasteiger partial charge in [0.05, 0.1) is 80.5 Å². The van der Waals surface area contributed by atoms with Gasteiger partial charge in [0.15, 0.2) is 0 Å². The highest BCUT2D eigenvalue weighted by atomic mass is 33.2. The zero-order chi connectivity index (χ0) is 41.1. The minimum atomic E-state index is -0.574. The first-order valence-corrected chi connectivity index (χ1v) is 35.8. The molecule has 0 aromatic rings. The molecular formula is C36H72O6S12. The molecule has 6 heterocycles. The fourth-order valence-corrected chi connectivity index (χ4v) is 28.5. The molecule has 0 spiro atoms. The van der Waals surface area contributed by atoms with E-state index in [2.05, 4.69) is 83.1 Å². The molecule has 6 fully saturated rings. The Morgan fingerprint density at radius 3 is 0.648 bits per heavy atom. The third kappa shape index (κ3) is 23.4. The van der Waals surface area contributed by atoms with Crippen molar-refractivity contribution in [2.75, 3.05) is 34.5 Å². The molecular weight excluding hydrogens is 913 g/mol. The van der Waals surface area contributed by atoms with E-state index in [0.29, 0.717) is 67.0 Å². The van der Waals surface area contributed by atoms with Gasteiger partial charge < -0.3 is 27.3 Å². The monoisotopic (exact) mass is 984 g/mol. The lowest BCUT2D eigenvalue weighted by atomic mass is 10.1. The maximum Gasteiger partial charge on any atom is 0.131 e. The molecule has 6 aliphatic rings. The average molecular weight is 986 g/mol. The minimum Gasteiger partial charge on any atom is -0.605 e. The van der Waals surface area contributed by atoms with E-state index in [9.17, 15) is 27.3 Å². The largest absolute Gasteiger partial charge is 0.605 e. The summed E-state index contributed by atoms with van der Waals surface area (Å²) in [4.78, 5) is 0. The molecule has 6 aliphatic heterocycles. The fraction of sp³-hybridized carbons (Fsp3) is 1.00. The van der Waals surface area contributed by atoms with Crippen molar-refractivity contribution in [3.8, 4) is 0 Å². The zero-order valence-corrected chi connectivity index (χ0v) is 44.6. The standard InChI is InChI=1S/6C6H12OS2/c3*1-5(2)6-3-4-9(7)8-6;3*1-5(2)6-3-4-8-9(6)7/h6*5-6H,3-4H2,1-2H3/t;;;2*6-,9?;/m...10./s1. The first-order valence-electron chi connectivity index (χ1n) is 19.5. The van der Waals surface area contributed by atoms with Crippen molar-refractivity contribution in [3.63, 3.8) is 0 Å². The quantitative estimate of drug-likeness (QED) is 0.185. The molecule has 0 aromatic heterocycles. The summed E-state index contributed by atoms with van der Waals surface area (Å²) < 4.78 is 65.8. The van der Waals surface area contributed by atoms with Gasteiger partial charge in [-0.25, -0.2) is 0 Å². The molecule has 324 valence electrons. The smallest absolute Gasteiger partial charge is 0.131 e. The normalized spacial score (nSPS) is 36.0. The first-order chi connectivity index (χ1) is 25.2. The Hall–Kier alpha value is 3.96. The predicted molar refractivity (Wildman–Crippen MR) is 263 cm³/mol. The van der Waals surface area contributed by atoms with Crippen LogP contribution in [-0.2, 0) is 61.2 Å². The maximum atomic E-state index is 11.1. The molecule has 54 heavy (non-hydrogen) atoms. The van der Waals surface area contributed by atoms with Crippen LogP contribution in [0.1, 0.15) is 122 Å². The highest BCUT2D eigenvalue weighted by Crippen LogP contribution is 2.38. The lowest BCUT2D eigenvalue weighted by Gasteiger charge is -2.13. The summed E-state index contributed by atoms with van der Waals surface area (Å²) in [5.74, 6) is 9.89. The van der Waals surface area contributed by atoms with Crippen molar-refractivity contribution in [3.05, 3.63) is 0 Å². The third-order valence-corrected chi connectivity index (χ3v) is 32.0. The second kappa shape index (κ2) is 30.9. The van der Waals surface area contributed by atoms with E-state index in [0.717, 1.165) is 73.0 Å². The van der Waals surface area contributed by atoms with Gasteiger partial charge in [-0.15, -0.1) is 0 Å². The van der Waals surface area contributed by atoms with Crippen LogP contribution in [0.3, 0.4) is 0 Å². The van der Waals surface area contributed by atoms with Crippen molar-refractivity contribution in [1.29, 1.82) is 0 Å². The van der Waals surface area contributed by atoms with Gasteiger partial charge in [0, 0.05) is 135 Å². The molecule has 0 N–H and O–H groups in total. The van der Waals surface area contributed by atoms with Gasteiger partial charge in [-0.2, -0.15) is 0 Å². The molecule has 0 saturated carbocycles. The SMILES string of the molecule is CC(C)C1CCS[S+]1[O-].CC(C)C1CC[S+]([O-])S1.CC(C)C1CC[S+]([O-])S1.CC(C)C1CC[S+]([O-])S1.CC(C)[C@@H]1CCS[S+]1[O-].CC(C)[C@H]1CCS[S+]1[O-]. The van der Waals surface area contributed by atoms with Gasteiger partial charge in [0.2, 0.25) is 0 Å². The molecule has 12 atom stereocenters.